The number of aliphatic carboxylic acids is 3. The van der Waals surface area contributed by atoms with Gasteiger partial charge in [0.1, 0.15) is 18.8 Å². The number of hydrogen-bond donors (Lipinski definition) is 10. The van der Waals surface area contributed by atoms with E-state index in [2.05, 4.69) is 74.7 Å². The molecule has 8 saturated carbocycles. The van der Waals surface area contributed by atoms with Crippen LogP contribution in [0.2, 0.25) is 0 Å². The number of hydrogen-bond acceptors (Lipinski definition) is 32. The van der Waals surface area contributed by atoms with Gasteiger partial charge in [-0.05, 0) is 179 Å². The van der Waals surface area contributed by atoms with Gasteiger partial charge in [-0.15, -0.1) is 8.67 Å². The Morgan fingerprint density at radius 2 is 0.971 bits per heavy atom. The lowest BCUT2D eigenvalue weighted by molar-refractivity contribution is -0.620. The van der Waals surface area contributed by atoms with Crippen molar-refractivity contribution < 1.29 is 165 Å². The number of aliphatic hydroxyl groups excluding tert-OH is 3. The molecule has 10 aliphatic rings. The van der Waals surface area contributed by atoms with E-state index in [-0.39, 0.29) is 79.4 Å². The van der Waals surface area contributed by atoms with Gasteiger partial charge in [0.2, 0.25) is 0 Å². The molecule has 2 heterocycles. The molecule has 0 amide bonds. The van der Waals surface area contributed by atoms with Crippen molar-refractivity contribution in [1.29, 1.82) is 0 Å². The molecule has 4 bridgehead atoms. The zero-order valence-electron chi connectivity index (χ0n) is 57.7. The Kier molecular flexibility index (Phi) is 27.4. The molecule has 0 aromatic heterocycles. The van der Waals surface area contributed by atoms with Gasteiger partial charge in [-0.1, -0.05) is 54.7 Å². The summed E-state index contributed by atoms with van der Waals surface area (Å²) in [4.78, 5) is 85.5. The number of thiol groups is 2. The van der Waals surface area contributed by atoms with Gasteiger partial charge in [-0.3, -0.25) is 37.9 Å². The first-order valence-corrected chi connectivity index (χ1v) is 37.9. The Hall–Kier alpha value is -3.86. The molecule has 2 aliphatic heterocycles. The van der Waals surface area contributed by atoms with Crippen LogP contribution in [0.1, 0.15) is 157 Å². The van der Waals surface area contributed by atoms with Crippen LogP contribution in [0.4, 0.5) is 0 Å². The molecule has 16 unspecified atom stereocenters. The highest BCUT2D eigenvalue weighted by atomic mass is 32.3. The predicted octanol–water partition coefficient (Wildman–Crippen LogP) is 5.42. The highest BCUT2D eigenvalue weighted by molar-refractivity contribution is 7.81. The number of aliphatic hydroxyl groups is 3. The molecule has 39 heteroatoms. The largest absolute Gasteiger partial charge is 0.481 e. The minimum Gasteiger partial charge on any atom is -0.481 e. The van der Waals surface area contributed by atoms with Crippen molar-refractivity contribution in [2.24, 2.45) is 80.8 Å². The lowest BCUT2D eigenvalue weighted by atomic mass is 9.43. The van der Waals surface area contributed by atoms with Crippen molar-refractivity contribution >= 4 is 82.4 Å². The maximum absolute atomic E-state index is 13.2. The number of carboxylic acid groups (broad SMARTS) is 3. The fourth-order valence-corrected chi connectivity index (χ4v) is 21.0. The van der Waals surface area contributed by atoms with Crippen LogP contribution in [0.5, 0.6) is 0 Å². The molecular formula is C64H96O35S4. The number of fused-ring (bicyclic) bond motifs is 6. The maximum atomic E-state index is 13.2. The topological polar surface area (TPSA) is 489 Å². The van der Waals surface area contributed by atoms with Crippen LogP contribution in [-0.4, -0.2) is 191 Å². The summed E-state index contributed by atoms with van der Waals surface area (Å²) in [6.07, 6.45) is -14.4. The lowest BCUT2D eigenvalue weighted by Crippen LogP contribution is -2.64. The second kappa shape index (κ2) is 34.0. The van der Waals surface area contributed by atoms with E-state index in [1.807, 2.05) is 6.92 Å². The number of carboxylic acids is 3. The summed E-state index contributed by atoms with van der Waals surface area (Å²) in [7, 11) is -10.6. The average Bonchev–Trinajstić information content (AvgIpc) is 1.69. The zero-order chi connectivity index (χ0) is 75.6. The minimum absolute atomic E-state index is 0.0193. The second-order valence-corrected chi connectivity index (χ2v) is 32.9. The maximum Gasteiger partial charge on any atom is 0.397 e. The number of carbonyl (C=O) groups is 6. The van der Waals surface area contributed by atoms with Crippen LogP contribution >= 0.6 is 25.8 Å². The van der Waals surface area contributed by atoms with Crippen LogP contribution in [0.15, 0.2) is 24.3 Å². The van der Waals surface area contributed by atoms with Crippen molar-refractivity contribution in [3.05, 3.63) is 24.3 Å². The monoisotopic (exact) mass is 1550 g/mol. The van der Waals surface area contributed by atoms with E-state index in [0.29, 0.717) is 32.1 Å². The molecule has 103 heavy (non-hydrogen) atoms. The SMILES string of the molecule is C=C1C2CCC3C4(C)CC(O[C@@H]5O[C@@H](CO)[C@@H](OOOOS)[C@H](OS(=O)(=O)O)C5OC(=O)CC(C)C)CC(C(=O)O)C4CCC3(C2)[C@H]1O.C=C1C2CCC3C4(C)CC(O[C@@H]5O[C@@H](COC(=O)CCC(=O)O)[C@@H](OOOOS)[C@H](OS(=O)(=O)O)C5OC(=O)CC(C)C)CC(C(=O)O)C4CCC3(C2)[C@H]1O. The highest BCUT2D eigenvalue weighted by Crippen LogP contribution is 2.73. The quantitative estimate of drug-likeness (QED) is 0.00410. The summed E-state index contributed by atoms with van der Waals surface area (Å²) in [5, 5.41) is 80.3. The van der Waals surface area contributed by atoms with Gasteiger partial charge in [0.15, 0.2) is 49.2 Å². The molecule has 2 spiro atoms. The van der Waals surface area contributed by atoms with E-state index in [1.54, 1.807) is 27.7 Å². The van der Waals surface area contributed by atoms with E-state index in [1.165, 1.54) is 0 Å². The van der Waals surface area contributed by atoms with Crippen LogP contribution in [0.25, 0.3) is 0 Å². The van der Waals surface area contributed by atoms with Crippen LogP contribution in [0, 0.1) is 80.8 Å². The molecule has 10 rings (SSSR count). The van der Waals surface area contributed by atoms with Gasteiger partial charge >= 0.3 is 56.6 Å². The Bertz CT molecular complexity index is 3290. The molecule has 8 aliphatic carbocycles. The van der Waals surface area contributed by atoms with E-state index in [9.17, 15) is 80.2 Å². The Morgan fingerprint density at radius 1 is 0.563 bits per heavy atom. The summed E-state index contributed by atoms with van der Waals surface area (Å²) >= 11 is 6.67. The fourth-order valence-electron chi connectivity index (χ4n) is 20.0. The molecule has 2 saturated heterocycles. The van der Waals surface area contributed by atoms with Crippen molar-refractivity contribution in [1.82, 2.24) is 0 Å². The highest BCUT2D eigenvalue weighted by Gasteiger charge is 2.70. The Morgan fingerprint density at radius 3 is 1.34 bits per heavy atom. The van der Waals surface area contributed by atoms with Crippen molar-refractivity contribution in [3.8, 4) is 0 Å². The third kappa shape index (κ3) is 18.4. The smallest absolute Gasteiger partial charge is 0.397 e. The molecule has 10 fully saturated rings. The molecule has 26 atom stereocenters. The van der Waals surface area contributed by atoms with Gasteiger partial charge in [0.05, 0.1) is 55.7 Å². The summed E-state index contributed by atoms with van der Waals surface area (Å²) in [5.41, 5.74) is -0.537. The van der Waals surface area contributed by atoms with E-state index < -0.39 is 202 Å². The second-order valence-electron chi connectivity index (χ2n) is 30.5. The Labute approximate surface area is 606 Å². The fraction of sp³-hybridized carbons (Fsp3) is 0.844. The molecule has 586 valence electrons. The third-order valence-electron chi connectivity index (χ3n) is 23.7. The van der Waals surface area contributed by atoms with Crippen molar-refractivity contribution in [2.45, 2.75) is 243 Å². The van der Waals surface area contributed by atoms with Gasteiger partial charge in [-0.25, -0.2) is 8.37 Å². The van der Waals surface area contributed by atoms with Gasteiger partial charge in [0.25, 0.3) is 0 Å². The third-order valence-corrected chi connectivity index (χ3v) is 24.8. The van der Waals surface area contributed by atoms with Crippen LogP contribution in [0.3, 0.4) is 0 Å². The first kappa shape index (κ1) is 83.2. The zero-order valence-corrected chi connectivity index (χ0v) is 61.1. The van der Waals surface area contributed by atoms with Crippen molar-refractivity contribution in [3.63, 3.8) is 0 Å². The molecule has 35 nitrogen and oxygen atoms in total. The van der Waals surface area contributed by atoms with Gasteiger partial charge in [-0.2, -0.15) is 26.6 Å². The summed E-state index contributed by atoms with van der Waals surface area (Å²) < 4.78 is 128. The summed E-state index contributed by atoms with van der Waals surface area (Å²) in [6.45, 7) is 17.8. The van der Waals surface area contributed by atoms with Crippen molar-refractivity contribution in [2.75, 3.05) is 13.2 Å². The molecule has 0 aromatic carbocycles. The number of ether oxygens (including phenoxy) is 7. The normalized spacial score (nSPS) is 40.5. The Balaban J connectivity index is 0.000000241. The summed E-state index contributed by atoms with van der Waals surface area (Å²) in [5.74, 6) is -8.34. The number of rotatable bonds is 30. The summed E-state index contributed by atoms with van der Waals surface area (Å²) in [6, 6.07) is 0. The van der Waals surface area contributed by atoms with E-state index >= 15 is 0 Å². The van der Waals surface area contributed by atoms with E-state index in [0.717, 1.165) is 49.7 Å². The van der Waals surface area contributed by atoms with E-state index in [4.69, 9.17) is 56.4 Å². The van der Waals surface area contributed by atoms with Crippen LogP contribution < -0.4 is 0 Å². The first-order valence-electron chi connectivity index (χ1n) is 34.4. The average molecular weight is 1550 g/mol. The number of carbonyl (C=O) groups excluding carboxylic acids is 3. The minimum atomic E-state index is -5.39. The molecule has 0 radical (unpaired) electrons. The standard InChI is InChI=1S/C34H50O19S2.C30H46O16S2/c1-16(2)11-26(38)48-29-28(50-55(42,43)44)27(49-51-52-53-54)22(15-45-25(37)8-7-24(35)36)47-32(29)46-19-12-20(31(40)41)21-9-10-34-13-18(17(3)30(34)39)5-6-23(34)33(21,4)14-19;1-14(2)9-22(32)41-25-24(43-48(36,37)38)23(42-44-45-46-47)20(13-31)40-28(25)39-17-10-18(27(34)35)19-7-8-30-11-16(15(3)26(30)33)5-6-21(30)29(19,4)12-17/h16,18-23,27-30,32,39,54H,3,5-15H2,1-2,4H3,(H,35,36)(H,40,41)(H,42,43,44);14,16-21,23-26,28,31,33,47H,3,5-13H2,1-2,4H3,(H,34,35)(H,36,37,38)/t18?,19?,20?,21?,22-,23?,27+,28-,29?,30-,32+,33?,34?;16?,17?,18?,19?,20-,21?,23+,24-,25?,26-,28+,29?,30?/m00/s1. The predicted molar refractivity (Wildman–Crippen MR) is 347 cm³/mol. The molecule has 8 N–H and O–H groups in total. The first-order chi connectivity index (χ1) is 48.3. The molecule has 0 aromatic rings. The molecular weight excluding hydrogens is 1460 g/mol. The lowest BCUT2D eigenvalue weighted by Gasteiger charge is -2.62. The van der Waals surface area contributed by atoms with Gasteiger partial charge in [0, 0.05) is 49.5 Å². The number of esters is 3. The van der Waals surface area contributed by atoms with Crippen LogP contribution in [-0.2, 0) is 130 Å². The van der Waals surface area contributed by atoms with Gasteiger partial charge < -0.3 is 63.8 Å².